The highest BCUT2D eigenvalue weighted by Gasteiger charge is 2.31. The number of rotatable bonds is 6. The van der Waals surface area contributed by atoms with Crippen molar-refractivity contribution in [2.45, 2.75) is 17.8 Å². The first-order chi connectivity index (χ1) is 16.3. The third kappa shape index (κ3) is 5.61. The fraction of sp³-hybridized carbons (Fsp3) is 0.364. The number of benzene rings is 1. The van der Waals surface area contributed by atoms with Gasteiger partial charge in [0.2, 0.25) is 5.91 Å². The van der Waals surface area contributed by atoms with E-state index in [9.17, 15) is 18.0 Å². The number of nitrogens with zero attached hydrogens (tertiary/aromatic N) is 6. The van der Waals surface area contributed by atoms with Gasteiger partial charge < -0.3 is 14.5 Å². The molecule has 2 aromatic heterocycles. The van der Waals surface area contributed by atoms with Crippen molar-refractivity contribution in [3.8, 4) is 11.4 Å². The number of carbonyl (C=O) groups excluding carboxylic acids is 1. The molecule has 0 bridgehead atoms. The van der Waals surface area contributed by atoms with Crippen LogP contribution in [-0.4, -0.2) is 69.6 Å². The Hall–Kier alpha value is -3.28. The smallest absolute Gasteiger partial charge is 0.417 e. The Labute approximate surface area is 198 Å². The van der Waals surface area contributed by atoms with Crippen LogP contribution in [0.5, 0.6) is 5.75 Å². The van der Waals surface area contributed by atoms with Crippen LogP contribution in [0, 0.1) is 0 Å². The van der Waals surface area contributed by atoms with Gasteiger partial charge in [-0.05, 0) is 42.8 Å². The molecule has 34 heavy (non-hydrogen) atoms. The van der Waals surface area contributed by atoms with Gasteiger partial charge in [-0.15, -0.1) is 10.2 Å². The molecule has 8 nitrogen and oxygen atoms in total. The molecule has 0 unspecified atom stereocenters. The molecule has 1 aromatic carbocycles. The highest BCUT2D eigenvalue weighted by Crippen LogP contribution is 2.29. The molecule has 1 aliphatic heterocycles. The Kier molecular flexibility index (Phi) is 7.25. The molecule has 0 aliphatic carbocycles. The number of hydrogen-bond donors (Lipinski definition) is 0. The predicted molar refractivity (Wildman–Crippen MR) is 121 cm³/mol. The number of methoxy groups -OCH3 is 1. The van der Waals surface area contributed by atoms with E-state index < -0.39 is 11.7 Å². The van der Waals surface area contributed by atoms with Crippen molar-refractivity contribution in [1.29, 1.82) is 0 Å². The quantitative estimate of drug-likeness (QED) is 0.488. The van der Waals surface area contributed by atoms with Crippen molar-refractivity contribution in [1.82, 2.24) is 24.6 Å². The van der Waals surface area contributed by atoms with Gasteiger partial charge in [0.15, 0.2) is 5.16 Å². The van der Waals surface area contributed by atoms with Gasteiger partial charge >= 0.3 is 6.18 Å². The van der Waals surface area contributed by atoms with Gasteiger partial charge in [-0.25, -0.2) is 4.98 Å². The number of ether oxygens (including phenoxy) is 1. The van der Waals surface area contributed by atoms with E-state index in [4.69, 9.17) is 4.74 Å². The Balaban J connectivity index is 1.33. The largest absolute Gasteiger partial charge is 0.497 e. The van der Waals surface area contributed by atoms with Gasteiger partial charge in [0.05, 0.1) is 18.4 Å². The molecule has 0 atom stereocenters. The van der Waals surface area contributed by atoms with Gasteiger partial charge in [-0.1, -0.05) is 11.8 Å². The van der Waals surface area contributed by atoms with Gasteiger partial charge in [0, 0.05) is 38.1 Å². The number of aromatic nitrogens is 4. The van der Waals surface area contributed by atoms with E-state index in [0.717, 1.165) is 23.7 Å². The highest BCUT2D eigenvalue weighted by atomic mass is 32.2. The van der Waals surface area contributed by atoms with Crippen LogP contribution in [0.2, 0.25) is 0 Å². The van der Waals surface area contributed by atoms with Gasteiger partial charge in [-0.3, -0.25) is 9.36 Å². The van der Waals surface area contributed by atoms with E-state index >= 15 is 0 Å². The van der Waals surface area contributed by atoms with Crippen molar-refractivity contribution in [3.63, 3.8) is 0 Å². The second kappa shape index (κ2) is 10.3. The van der Waals surface area contributed by atoms with Crippen LogP contribution in [0.1, 0.15) is 12.0 Å². The number of carbonyl (C=O) groups is 1. The lowest BCUT2D eigenvalue weighted by atomic mass is 10.2. The molecule has 1 amide bonds. The molecule has 0 radical (unpaired) electrons. The molecule has 180 valence electrons. The van der Waals surface area contributed by atoms with E-state index in [-0.39, 0.29) is 11.7 Å². The van der Waals surface area contributed by atoms with E-state index in [0.29, 0.717) is 43.6 Å². The number of halogens is 3. The van der Waals surface area contributed by atoms with Crippen LogP contribution >= 0.6 is 11.8 Å². The van der Waals surface area contributed by atoms with Crippen molar-refractivity contribution in [3.05, 3.63) is 54.5 Å². The lowest BCUT2D eigenvalue weighted by molar-refractivity contribution is -0.137. The normalized spacial score (nSPS) is 14.7. The highest BCUT2D eigenvalue weighted by molar-refractivity contribution is 7.99. The first-order valence-corrected chi connectivity index (χ1v) is 11.6. The molecule has 0 saturated carbocycles. The number of amides is 1. The predicted octanol–water partition coefficient (Wildman–Crippen LogP) is 3.52. The SMILES string of the molecule is COc1ccc(-n2cnnc2SCC(=O)N2CCCN(c3ccc(C(F)(F)F)cn3)CC2)cc1. The maximum absolute atomic E-state index is 12.8. The zero-order valence-corrected chi connectivity index (χ0v) is 19.2. The van der Waals surface area contributed by atoms with Gasteiger partial charge in [0.25, 0.3) is 0 Å². The molecule has 1 aliphatic rings. The average Bonchev–Trinajstić information content (AvgIpc) is 3.17. The third-order valence-corrected chi connectivity index (χ3v) is 6.37. The third-order valence-electron chi connectivity index (χ3n) is 5.44. The van der Waals surface area contributed by atoms with Crippen LogP contribution in [-0.2, 0) is 11.0 Å². The molecular weight excluding hydrogens is 469 g/mol. The van der Waals surface area contributed by atoms with Gasteiger partial charge in [0.1, 0.15) is 17.9 Å². The molecule has 1 saturated heterocycles. The van der Waals surface area contributed by atoms with E-state index in [2.05, 4.69) is 15.2 Å². The van der Waals surface area contributed by atoms with Crippen LogP contribution in [0.15, 0.2) is 54.1 Å². The van der Waals surface area contributed by atoms with Crippen molar-refractivity contribution in [2.75, 3.05) is 43.9 Å². The first kappa shape index (κ1) is 23.9. The monoisotopic (exact) mass is 492 g/mol. The maximum atomic E-state index is 12.8. The minimum absolute atomic E-state index is 0.0310. The summed E-state index contributed by atoms with van der Waals surface area (Å²) in [5.41, 5.74) is 0.0811. The van der Waals surface area contributed by atoms with Crippen molar-refractivity contribution in [2.24, 2.45) is 0 Å². The molecule has 3 heterocycles. The van der Waals surface area contributed by atoms with Crippen molar-refractivity contribution >= 4 is 23.5 Å². The van der Waals surface area contributed by atoms with Crippen LogP contribution < -0.4 is 9.64 Å². The van der Waals surface area contributed by atoms with E-state index in [1.807, 2.05) is 29.2 Å². The first-order valence-electron chi connectivity index (χ1n) is 10.6. The number of hydrogen-bond acceptors (Lipinski definition) is 7. The molecule has 1 fully saturated rings. The summed E-state index contributed by atoms with van der Waals surface area (Å²) in [7, 11) is 1.60. The summed E-state index contributed by atoms with van der Waals surface area (Å²) >= 11 is 1.30. The minimum Gasteiger partial charge on any atom is -0.497 e. The summed E-state index contributed by atoms with van der Waals surface area (Å²) < 4.78 is 45.3. The zero-order chi connectivity index (χ0) is 24.1. The average molecular weight is 493 g/mol. The lowest BCUT2D eigenvalue weighted by Gasteiger charge is -2.23. The summed E-state index contributed by atoms with van der Waals surface area (Å²) in [5.74, 6) is 1.39. The fourth-order valence-corrected chi connectivity index (χ4v) is 4.43. The van der Waals surface area contributed by atoms with Crippen LogP contribution in [0.3, 0.4) is 0 Å². The number of thioether (sulfide) groups is 1. The molecular formula is C22H23F3N6O2S. The molecule has 0 spiro atoms. The molecule has 12 heteroatoms. The number of pyridine rings is 1. The van der Waals surface area contributed by atoms with E-state index in [1.165, 1.54) is 17.8 Å². The summed E-state index contributed by atoms with van der Waals surface area (Å²) in [6.07, 6.45) is -1.28. The second-order valence-electron chi connectivity index (χ2n) is 7.59. The molecule has 3 aromatic rings. The van der Waals surface area contributed by atoms with Crippen molar-refractivity contribution < 1.29 is 22.7 Å². The van der Waals surface area contributed by atoms with E-state index in [1.54, 1.807) is 22.9 Å². The maximum Gasteiger partial charge on any atom is 0.417 e. The summed E-state index contributed by atoms with van der Waals surface area (Å²) in [6, 6.07) is 9.85. The second-order valence-corrected chi connectivity index (χ2v) is 8.54. The number of alkyl halides is 3. The summed E-state index contributed by atoms with van der Waals surface area (Å²) in [4.78, 5) is 20.5. The molecule has 4 rings (SSSR count). The Morgan fingerprint density at radius 1 is 1.09 bits per heavy atom. The minimum atomic E-state index is -4.41. The lowest BCUT2D eigenvalue weighted by Crippen LogP contribution is -2.36. The zero-order valence-electron chi connectivity index (χ0n) is 18.4. The number of anilines is 1. The van der Waals surface area contributed by atoms with Crippen LogP contribution in [0.4, 0.5) is 19.0 Å². The Morgan fingerprint density at radius 2 is 1.88 bits per heavy atom. The summed E-state index contributed by atoms with van der Waals surface area (Å²) in [6.45, 7) is 2.15. The van der Waals surface area contributed by atoms with Crippen LogP contribution in [0.25, 0.3) is 5.69 Å². The Bertz CT molecular complexity index is 1110. The topological polar surface area (TPSA) is 76.4 Å². The standard InChI is InChI=1S/C22H23F3N6O2S/c1-33-18-6-4-17(5-7-18)31-15-27-28-21(31)34-14-20(32)30-10-2-9-29(11-12-30)19-8-3-16(13-26-19)22(23,24)25/h3-8,13,15H,2,9-12,14H2,1H3. The Morgan fingerprint density at radius 3 is 2.56 bits per heavy atom. The molecule has 0 N–H and O–H groups in total. The summed E-state index contributed by atoms with van der Waals surface area (Å²) in [5, 5.41) is 8.69. The fourth-order valence-electron chi connectivity index (χ4n) is 3.60. The van der Waals surface area contributed by atoms with Gasteiger partial charge in [-0.2, -0.15) is 13.2 Å².